The van der Waals surface area contributed by atoms with Crippen molar-refractivity contribution in [1.29, 1.82) is 0 Å². The molecule has 0 aliphatic rings. The number of H-pyrrole nitrogens is 1. The second-order valence-corrected chi connectivity index (χ2v) is 4.49. The first kappa shape index (κ1) is 14.9. The van der Waals surface area contributed by atoms with E-state index < -0.39 is 28.9 Å². The molecule has 21 heavy (non-hydrogen) atoms. The van der Waals surface area contributed by atoms with Gasteiger partial charge in [0.2, 0.25) is 5.88 Å². The van der Waals surface area contributed by atoms with E-state index in [-0.39, 0.29) is 17.7 Å². The predicted molar refractivity (Wildman–Crippen MR) is 68.3 cm³/mol. The van der Waals surface area contributed by atoms with Crippen LogP contribution in [0.2, 0.25) is 0 Å². The number of aromatic hydroxyl groups is 1. The first-order valence-corrected chi connectivity index (χ1v) is 5.89. The predicted octanol–water partition coefficient (Wildman–Crippen LogP) is 1.62. The minimum Gasteiger partial charge on any atom is -0.494 e. The zero-order valence-corrected chi connectivity index (χ0v) is 10.9. The van der Waals surface area contributed by atoms with Gasteiger partial charge in [-0.2, -0.15) is 13.2 Å². The van der Waals surface area contributed by atoms with E-state index in [1.165, 1.54) is 19.1 Å². The number of halogens is 3. The van der Waals surface area contributed by atoms with E-state index in [1.54, 1.807) is 0 Å². The number of aromatic nitrogens is 2. The van der Waals surface area contributed by atoms with Crippen molar-refractivity contribution in [1.82, 2.24) is 9.55 Å². The maximum atomic E-state index is 12.6. The summed E-state index contributed by atoms with van der Waals surface area (Å²) in [4.78, 5) is 24.9. The van der Waals surface area contributed by atoms with E-state index in [0.717, 1.165) is 16.7 Å². The first-order chi connectivity index (χ1) is 9.70. The van der Waals surface area contributed by atoms with Crippen molar-refractivity contribution < 1.29 is 18.3 Å². The Labute approximate surface area is 116 Å². The molecule has 0 saturated heterocycles. The lowest BCUT2D eigenvalue weighted by atomic mass is 10.1. The van der Waals surface area contributed by atoms with Gasteiger partial charge in [-0.3, -0.25) is 14.3 Å². The molecular formula is C13H11F3N2O3. The molecule has 8 heteroatoms. The number of nitrogens with zero attached hydrogens (tertiary/aromatic N) is 1. The highest BCUT2D eigenvalue weighted by atomic mass is 19.4. The van der Waals surface area contributed by atoms with Crippen LogP contribution in [0.5, 0.6) is 5.88 Å². The summed E-state index contributed by atoms with van der Waals surface area (Å²) in [6.45, 7) is 1.02. The molecule has 0 atom stereocenters. The van der Waals surface area contributed by atoms with Gasteiger partial charge in [0.25, 0.3) is 5.56 Å². The fraction of sp³-hybridized carbons (Fsp3) is 0.231. The molecule has 0 aliphatic heterocycles. The Balaban J connectivity index is 2.47. The van der Waals surface area contributed by atoms with Crippen LogP contribution < -0.4 is 11.2 Å². The number of nitrogens with one attached hydrogen (secondary N) is 1. The number of rotatable bonds is 2. The van der Waals surface area contributed by atoms with Gasteiger partial charge in [-0.1, -0.05) is 12.1 Å². The van der Waals surface area contributed by atoms with E-state index in [1.807, 2.05) is 4.98 Å². The van der Waals surface area contributed by atoms with Crippen LogP contribution in [0.4, 0.5) is 13.2 Å². The van der Waals surface area contributed by atoms with Crippen LogP contribution >= 0.6 is 0 Å². The molecule has 0 amide bonds. The zero-order chi connectivity index (χ0) is 15.8. The van der Waals surface area contributed by atoms with Gasteiger partial charge in [-0.15, -0.1) is 0 Å². The zero-order valence-electron chi connectivity index (χ0n) is 10.9. The molecule has 1 heterocycles. The van der Waals surface area contributed by atoms with Crippen LogP contribution in [0.15, 0.2) is 33.9 Å². The van der Waals surface area contributed by atoms with Crippen molar-refractivity contribution >= 4 is 0 Å². The Bertz CT molecular complexity index is 790. The monoisotopic (exact) mass is 300 g/mol. The van der Waals surface area contributed by atoms with Crippen LogP contribution in [0.1, 0.15) is 16.7 Å². The maximum absolute atomic E-state index is 12.6. The van der Waals surface area contributed by atoms with Crippen molar-refractivity contribution in [2.45, 2.75) is 19.6 Å². The summed E-state index contributed by atoms with van der Waals surface area (Å²) in [5.74, 6) is -0.568. The summed E-state index contributed by atoms with van der Waals surface area (Å²) in [5.41, 5.74) is -2.39. The topological polar surface area (TPSA) is 75.1 Å². The number of aromatic amines is 1. The summed E-state index contributed by atoms with van der Waals surface area (Å²) in [6, 6.07) is 4.39. The third kappa shape index (κ3) is 2.99. The average Bonchev–Trinajstić information content (AvgIpc) is 2.41. The number of hydrogen-bond acceptors (Lipinski definition) is 3. The van der Waals surface area contributed by atoms with Crippen molar-refractivity contribution in [2.75, 3.05) is 0 Å². The second-order valence-electron chi connectivity index (χ2n) is 4.49. The van der Waals surface area contributed by atoms with Gasteiger partial charge in [0.05, 0.1) is 17.7 Å². The Morgan fingerprint density at radius 3 is 2.57 bits per heavy atom. The largest absolute Gasteiger partial charge is 0.494 e. The highest BCUT2D eigenvalue weighted by Gasteiger charge is 2.30. The summed E-state index contributed by atoms with van der Waals surface area (Å²) in [6.07, 6.45) is -4.50. The van der Waals surface area contributed by atoms with Gasteiger partial charge in [0.1, 0.15) is 0 Å². The molecule has 2 aromatic rings. The van der Waals surface area contributed by atoms with Crippen molar-refractivity contribution in [3.05, 3.63) is 61.8 Å². The summed E-state index contributed by atoms with van der Waals surface area (Å²) < 4.78 is 38.6. The lowest BCUT2D eigenvalue weighted by Crippen LogP contribution is -2.31. The van der Waals surface area contributed by atoms with E-state index in [9.17, 15) is 27.9 Å². The minimum atomic E-state index is -4.50. The molecule has 2 N–H and O–H groups in total. The summed E-state index contributed by atoms with van der Waals surface area (Å²) in [7, 11) is 0. The van der Waals surface area contributed by atoms with Crippen LogP contribution in [0.25, 0.3) is 0 Å². The van der Waals surface area contributed by atoms with Gasteiger partial charge in [0.15, 0.2) is 0 Å². The van der Waals surface area contributed by atoms with Crippen LogP contribution in [-0.4, -0.2) is 14.7 Å². The average molecular weight is 300 g/mol. The molecule has 1 aromatic carbocycles. The fourth-order valence-corrected chi connectivity index (χ4v) is 1.83. The van der Waals surface area contributed by atoms with E-state index in [2.05, 4.69) is 0 Å². The summed E-state index contributed by atoms with van der Waals surface area (Å²) in [5, 5.41) is 9.77. The molecule has 0 aliphatic carbocycles. The SMILES string of the molecule is Cc1c(O)n(Cc2cccc(C(F)(F)F)c2)c(=O)[nH]c1=O. The molecule has 5 nitrogen and oxygen atoms in total. The Morgan fingerprint density at radius 2 is 1.95 bits per heavy atom. The standard InChI is InChI=1S/C13H11F3N2O3/c1-7-10(19)17-12(21)18(11(7)20)6-8-3-2-4-9(5-8)13(14,15)16/h2-5,20H,6H2,1H3,(H,17,19,21). The summed E-state index contributed by atoms with van der Waals surface area (Å²) >= 11 is 0. The van der Waals surface area contributed by atoms with Gasteiger partial charge in [-0.05, 0) is 24.6 Å². The third-order valence-corrected chi connectivity index (χ3v) is 2.99. The second kappa shape index (κ2) is 5.12. The van der Waals surface area contributed by atoms with E-state index in [0.29, 0.717) is 0 Å². The Hall–Kier alpha value is -2.51. The molecule has 0 spiro atoms. The quantitative estimate of drug-likeness (QED) is 0.885. The molecule has 1 aromatic heterocycles. The third-order valence-electron chi connectivity index (χ3n) is 2.99. The van der Waals surface area contributed by atoms with Crippen LogP contribution in [0, 0.1) is 6.92 Å². The van der Waals surface area contributed by atoms with Crippen LogP contribution in [-0.2, 0) is 12.7 Å². The first-order valence-electron chi connectivity index (χ1n) is 5.89. The van der Waals surface area contributed by atoms with Crippen molar-refractivity contribution in [2.24, 2.45) is 0 Å². The Kier molecular flexibility index (Phi) is 3.63. The molecule has 0 saturated carbocycles. The van der Waals surface area contributed by atoms with Gasteiger partial charge in [-0.25, -0.2) is 4.79 Å². The van der Waals surface area contributed by atoms with Crippen LogP contribution in [0.3, 0.4) is 0 Å². The number of hydrogen-bond donors (Lipinski definition) is 2. The molecule has 112 valence electrons. The van der Waals surface area contributed by atoms with Gasteiger partial charge < -0.3 is 5.11 Å². The van der Waals surface area contributed by atoms with Crippen molar-refractivity contribution in [3.8, 4) is 5.88 Å². The molecule has 0 unspecified atom stereocenters. The molecule has 0 bridgehead atoms. The normalized spacial score (nSPS) is 11.6. The molecule has 2 rings (SSSR count). The molecule has 0 radical (unpaired) electrons. The minimum absolute atomic E-state index is 0.0819. The Morgan fingerprint density at radius 1 is 1.29 bits per heavy atom. The molecule has 0 fully saturated rings. The smallest absolute Gasteiger partial charge is 0.416 e. The lowest BCUT2D eigenvalue weighted by Gasteiger charge is -2.11. The lowest BCUT2D eigenvalue weighted by molar-refractivity contribution is -0.137. The number of benzene rings is 1. The maximum Gasteiger partial charge on any atom is 0.416 e. The van der Waals surface area contributed by atoms with Crippen molar-refractivity contribution in [3.63, 3.8) is 0 Å². The van der Waals surface area contributed by atoms with Gasteiger partial charge in [0, 0.05) is 0 Å². The highest BCUT2D eigenvalue weighted by Crippen LogP contribution is 2.29. The fourth-order valence-electron chi connectivity index (χ4n) is 1.83. The molecular weight excluding hydrogens is 289 g/mol. The number of alkyl halides is 3. The van der Waals surface area contributed by atoms with E-state index in [4.69, 9.17) is 0 Å². The van der Waals surface area contributed by atoms with E-state index >= 15 is 0 Å². The van der Waals surface area contributed by atoms with Gasteiger partial charge >= 0.3 is 11.9 Å². The highest BCUT2D eigenvalue weighted by molar-refractivity contribution is 5.28.